The Hall–Kier alpha value is -1.87. The van der Waals surface area contributed by atoms with E-state index in [9.17, 15) is 0 Å². The third-order valence-electron chi connectivity index (χ3n) is 3.22. The second kappa shape index (κ2) is 6.34. The normalized spacial score (nSPS) is 10.5. The Kier molecular flexibility index (Phi) is 4.53. The average Bonchev–Trinajstić information content (AvgIpc) is 2.40. The Bertz CT molecular complexity index is 523. The summed E-state index contributed by atoms with van der Waals surface area (Å²) in [7, 11) is 4.10. The maximum atomic E-state index is 4.05. The van der Waals surface area contributed by atoms with Gasteiger partial charge in [0.05, 0.1) is 0 Å². The highest BCUT2D eigenvalue weighted by atomic mass is 15.1. The molecule has 0 amide bonds. The summed E-state index contributed by atoms with van der Waals surface area (Å²) in [5, 5.41) is 3.18. The molecule has 3 nitrogen and oxygen atoms in total. The molecule has 3 heteroatoms. The molecule has 1 aromatic carbocycles. The first-order valence-electron chi connectivity index (χ1n) is 6.55. The third kappa shape index (κ3) is 3.55. The van der Waals surface area contributed by atoms with Crippen LogP contribution in [0.15, 0.2) is 42.7 Å². The van der Waals surface area contributed by atoms with E-state index in [1.54, 1.807) is 0 Å². The molecule has 0 spiro atoms. The van der Waals surface area contributed by atoms with Crippen LogP contribution in [0.25, 0.3) is 0 Å². The van der Waals surface area contributed by atoms with Gasteiger partial charge in [-0.25, -0.2) is 0 Å². The van der Waals surface area contributed by atoms with Gasteiger partial charge in [-0.05, 0) is 48.9 Å². The molecule has 1 heterocycles. The predicted molar refractivity (Wildman–Crippen MR) is 80.3 cm³/mol. The molecule has 1 N–H and O–H groups in total. The Labute approximate surface area is 115 Å². The summed E-state index contributed by atoms with van der Waals surface area (Å²) in [5.74, 6) is 0. The van der Waals surface area contributed by atoms with Crippen molar-refractivity contribution in [1.29, 1.82) is 0 Å². The molecule has 0 fully saturated rings. The zero-order valence-corrected chi connectivity index (χ0v) is 11.9. The Morgan fingerprint density at radius 3 is 2.47 bits per heavy atom. The predicted octanol–water partition coefficient (Wildman–Crippen LogP) is 2.75. The monoisotopic (exact) mass is 255 g/mol. The number of pyridine rings is 1. The Morgan fingerprint density at radius 1 is 1.11 bits per heavy atom. The van der Waals surface area contributed by atoms with Gasteiger partial charge in [-0.3, -0.25) is 4.98 Å². The molecular formula is C16H21N3. The lowest BCUT2D eigenvalue weighted by molar-refractivity contribution is 0.815. The summed E-state index contributed by atoms with van der Waals surface area (Å²) in [4.78, 5) is 6.32. The molecule has 100 valence electrons. The van der Waals surface area contributed by atoms with Crippen molar-refractivity contribution in [3.05, 3.63) is 59.4 Å². The smallest absolute Gasteiger partial charge is 0.0427 e. The minimum absolute atomic E-state index is 0.898. The lowest BCUT2D eigenvalue weighted by Crippen LogP contribution is -2.17. The van der Waals surface area contributed by atoms with E-state index in [1.165, 1.54) is 22.4 Å². The van der Waals surface area contributed by atoms with Crippen LogP contribution in [-0.2, 0) is 13.1 Å². The van der Waals surface area contributed by atoms with Crippen molar-refractivity contribution >= 4 is 5.69 Å². The maximum Gasteiger partial charge on any atom is 0.0427 e. The summed E-state index contributed by atoms with van der Waals surface area (Å²) >= 11 is 0. The van der Waals surface area contributed by atoms with E-state index in [0.717, 1.165) is 13.1 Å². The molecule has 0 atom stereocenters. The zero-order valence-electron chi connectivity index (χ0n) is 11.9. The van der Waals surface area contributed by atoms with Crippen LogP contribution < -0.4 is 10.2 Å². The van der Waals surface area contributed by atoms with Gasteiger partial charge < -0.3 is 10.2 Å². The second-order valence-corrected chi connectivity index (χ2v) is 4.86. The number of nitrogens with one attached hydrogen (secondary N) is 1. The van der Waals surface area contributed by atoms with E-state index in [1.807, 2.05) is 19.4 Å². The van der Waals surface area contributed by atoms with Crippen molar-refractivity contribution in [2.45, 2.75) is 20.0 Å². The highest BCUT2D eigenvalue weighted by molar-refractivity contribution is 5.54. The summed E-state index contributed by atoms with van der Waals surface area (Å²) in [6.45, 7) is 3.97. The first kappa shape index (κ1) is 13.6. The van der Waals surface area contributed by atoms with Gasteiger partial charge in [0.2, 0.25) is 0 Å². The van der Waals surface area contributed by atoms with E-state index in [-0.39, 0.29) is 0 Å². The van der Waals surface area contributed by atoms with Crippen LogP contribution in [0.4, 0.5) is 5.69 Å². The molecule has 0 saturated carbocycles. The standard InChI is InChI=1S/C16H21N3/c1-13-10-15(11-17-2)4-5-16(13)19(3)12-14-6-8-18-9-7-14/h4-10,17H,11-12H2,1-3H3. The molecule has 0 radical (unpaired) electrons. The van der Waals surface area contributed by atoms with Gasteiger partial charge in [0, 0.05) is 38.2 Å². The van der Waals surface area contributed by atoms with E-state index < -0.39 is 0 Å². The number of nitrogens with zero attached hydrogens (tertiary/aromatic N) is 2. The van der Waals surface area contributed by atoms with Crippen molar-refractivity contribution in [1.82, 2.24) is 10.3 Å². The van der Waals surface area contributed by atoms with Gasteiger partial charge >= 0.3 is 0 Å². The van der Waals surface area contributed by atoms with E-state index >= 15 is 0 Å². The molecule has 19 heavy (non-hydrogen) atoms. The molecule has 0 bridgehead atoms. The molecule has 0 saturated heterocycles. The van der Waals surface area contributed by atoms with E-state index in [0.29, 0.717) is 0 Å². The van der Waals surface area contributed by atoms with Crippen molar-refractivity contribution in [3.63, 3.8) is 0 Å². The first-order valence-corrected chi connectivity index (χ1v) is 6.55. The molecule has 2 aromatic rings. The first-order chi connectivity index (χ1) is 9.20. The quantitative estimate of drug-likeness (QED) is 0.890. The van der Waals surface area contributed by atoms with Gasteiger partial charge in [0.25, 0.3) is 0 Å². The molecule has 0 unspecified atom stereocenters. The summed E-state index contributed by atoms with van der Waals surface area (Å²) in [6, 6.07) is 10.7. The summed E-state index contributed by atoms with van der Waals surface area (Å²) < 4.78 is 0. The molecular weight excluding hydrogens is 234 g/mol. The van der Waals surface area contributed by atoms with E-state index in [2.05, 4.69) is 59.5 Å². The van der Waals surface area contributed by atoms with Gasteiger partial charge in [-0.1, -0.05) is 12.1 Å². The number of rotatable bonds is 5. The van der Waals surface area contributed by atoms with Crippen LogP contribution in [0.2, 0.25) is 0 Å². The van der Waals surface area contributed by atoms with E-state index in [4.69, 9.17) is 0 Å². The molecule has 0 aliphatic rings. The van der Waals surface area contributed by atoms with Crippen LogP contribution in [0.5, 0.6) is 0 Å². The number of aromatic nitrogens is 1. The Morgan fingerprint density at radius 2 is 1.84 bits per heavy atom. The topological polar surface area (TPSA) is 28.2 Å². The molecule has 0 aliphatic heterocycles. The van der Waals surface area contributed by atoms with Crippen molar-refractivity contribution in [2.24, 2.45) is 0 Å². The van der Waals surface area contributed by atoms with Crippen molar-refractivity contribution < 1.29 is 0 Å². The van der Waals surface area contributed by atoms with Gasteiger partial charge in [-0.2, -0.15) is 0 Å². The SMILES string of the molecule is CNCc1ccc(N(C)Cc2ccncc2)c(C)c1. The fourth-order valence-electron chi connectivity index (χ4n) is 2.31. The third-order valence-corrected chi connectivity index (χ3v) is 3.22. The minimum Gasteiger partial charge on any atom is -0.370 e. The van der Waals surface area contributed by atoms with Crippen LogP contribution in [0.1, 0.15) is 16.7 Å². The second-order valence-electron chi connectivity index (χ2n) is 4.86. The number of hydrogen-bond acceptors (Lipinski definition) is 3. The lowest BCUT2D eigenvalue weighted by Gasteiger charge is -2.22. The highest BCUT2D eigenvalue weighted by Gasteiger charge is 2.06. The number of aryl methyl sites for hydroxylation is 1. The van der Waals surface area contributed by atoms with Gasteiger partial charge in [0.1, 0.15) is 0 Å². The van der Waals surface area contributed by atoms with Crippen molar-refractivity contribution in [3.8, 4) is 0 Å². The number of anilines is 1. The molecule has 1 aromatic heterocycles. The van der Waals surface area contributed by atoms with Crippen LogP contribution >= 0.6 is 0 Å². The maximum absolute atomic E-state index is 4.05. The fourth-order valence-corrected chi connectivity index (χ4v) is 2.31. The zero-order chi connectivity index (χ0) is 13.7. The Balaban J connectivity index is 2.13. The van der Waals surface area contributed by atoms with Crippen LogP contribution in [0, 0.1) is 6.92 Å². The number of hydrogen-bond donors (Lipinski definition) is 1. The molecule has 0 aliphatic carbocycles. The average molecular weight is 255 g/mol. The van der Waals surface area contributed by atoms with Crippen LogP contribution in [0.3, 0.4) is 0 Å². The van der Waals surface area contributed by atoms with Crippen LogP contribution in [-0.4, -0.2) is 19.1 Å². The fraction of sp³-hybridized carbons (Fsp3) is 0.312. The highest BCUT2D eigenvalue weighted by Crippen LogP contribution is 2.21. The van der Waals surface area contributed by atoms with Crippen molar-refractivity contribution in [2.75, 3.05) is 19.0 Å². The minimum atomic E-state index is 0.898. The summed E-state index contributed by atoms with van der Waals surface area (Å²) in [5.41, 5.74) is 5.18. The lowest BCUT2D eigenvalue weighted by atomic mass is 10.1. The number of benzene rings is 1. The summed E-state index contributed by atoms with van der Waals surface area (Å²) in [6.07, 6.45) is 3.68. The molecule has 2 rings (SSSR count). The largest absolute Gasteiger partial charge is 0.370 e. The van der Waals surface area contributed by atoms with Gasteiger partial charge in [0.15, 0.2) is 0 Å². The van der Waals surface area contributed by atoms with Gasteiger partial charge in [-0.15, -0.1) is 0 Å².